The highest BCUT2D eigenvalue weighted by atomic mass is 79.9. The third-order valence-electron chi connectivity index (χ3n) is 10.4. The van der Waals surface area contributed by atoms with Gasteiger partial charge in [-0.15, -0.1) is 0 Å². The number of aromatic amines is 1. The summed E-state index contributed by atoms with van der Waals surface area (Å²) in [5, 5.41) is 16.0. The number of carbonyl (C=O) groups excluding carboxylic acids is 3. The number of halogens is 3. The fraction of sp³-hybridized carbons (Fsp3) is 0.366. The summed E-state index contributed by atoms with van der Waals surface area (Å²) in [6, 6.07) is 14.3. The zero-order valence-corrected chi connectivity index (χ0v) is 36.9. The molecule has 0 saturated carbocycles. The van der Waals surface area contributed by atoms with Crippen LogP contribution in [0.1, 0.15) is 94.5 Å². The van der Waals surface area contributed by atoms with Crippen LogP contribution in [0.4, 0.5) is 0 Å². The number of nitrogens with one attached hydrogen (secondary N) is 1. The molecule has 0 unspecified atom stereocenters. The predicted octanol–water partition coefficient (Wildman–Crippen LogP) is 8.29. The van der Waals surface area contributed by atoms with Gasteiger partial charge in [0.25, 0.3) is 27.7 Å². The minimum Gasteiger partial charge on any atom is -0.394 e. The monoisotopic (exact) mass is 942 g/mol. The fourth-order valence-electron chi connectivity index (χ4n) is 7.16. The summed E-state index contributed by atoms with van der Waals surface area (Å²) in [6.07, 6.45) is 5.52. The van der Waals surface area contributed by atoms with Crippen molar-refractivity contribution in [3.63, 3.8) is 0 Å². The highest BCUT2D eigenvalue weighted by Crippen LogP contribution is 2.35. The number of amides is 3. The Kier molecular flexibility index (Phi) is 13.3. The molecule has 57 heavy (non-hydrogen) atoms. The molecule has 16 heteroatoms. The van der Waals surface area contributed by atoms with Crippen molar-refractivity contribution in [1.82, 2.24) is 28.9 Å². The van der Waals surface area contributed by atoms with Gasteiger partial charge in [0, 0.05) is 52.3 Å². The van der Waals surface area contributed by atoms with E-state index < -0.39 is 27.9 Å². The Hall–Kier alpha value is -4.02. The molecule has 2 aromatic heterocycles. The van der Waals surface area contributed by atoms with Crippen LogP contribution >= 0.6 is 43.5 Å². The number of benzene rings is 3. The molecule has 302 valence electrons. The van der Waals surface area contributed by atoms with Crippen molar-refractivity contribution in [3.8, 4) is 5.69 Å². The predicted molar refractivity (Wildman–Crippen MR) is 228 cm³/mol. The molecule has 0 spiro atoms. The number of unbranched alkanes of at least 4 members (excludes halogenated alkanes) is 2. The Morgan fingerprint density at radius 2 is 1.65 bits per heavy atom. The van der Waals surface area contributed by atoms with E-state index in [4.69, 9.17) is 16.7 Å². The van der Waals surface area contributed by atoms with Gasteiger partial charge in [-0.3, -0.25) is 14.4 Å². The number of nitrogens with zero attached hydrogens (tertiary/aromatic N) is 5. The maximum atomic E-state index is 14.9. The number of aliphatic hydroxyl groups excluding tert-OH is 1. The topological polar surface area (TPSA) is 149 Å². The smallest absolute Gasteiger partial charge is 0.275 e. The SMILES string of the molecule is CCCCN(CCCC)C(=O)c1nn(-c2ccc(C(=O)N(CC)S(=O)(=O)c3cc(Br)c4[nH]cc(Br)c4c3)cc2C(=O)N2Cc3ccccc3C[C@H]2CO)c(C)c1Cl. The van der Waals surface area contributed by atoms with E-state index >= 15 is 0 Å². The lowest BCUT2D eigenvalue weighted by Crippen LogP contribution is -2.46. The molecule has 5 aromatic rings. The second-order valence-electron chi connectivity index (χ2n) is 14.1. The summed E-state index contributed by atoms with van der Waals surface area (Å²) in [7, 11) is -4.40. The van der Waals surface area contributed by atoms with Gasteiger partial charge in [0.05, 0.1) is 45.0 Å². The molecular formula is C41H45Br2ClN6O6S. The van der Waals surface area contributed by atoms with Gasteiger partial charge in [0.15, 0.2) is 5.69 Å². The van der Waals surface area contributed by atoms with E-state index in [1.807, 2.05) is 24.3 Å². The molecule has 0 bridgehead atoms. The first-order valence-corrected chi connectivity index (χ1v) is 22.4. The third kappa shape index (κ3) is 8.31. The molecule has 3 aromatic carbocycles. The van der Waals surface area contributed by atoms with Crippen molar-refractivity contribution in [2.75, 3.05) is 26.2 Å². The van der Waals surface area contributed by atoms with Crippen LogP contribution in [0.25, 0.3) is 16.6 Å². The molecule has 0 saturated heterocycles. The number of hydrogen-bond donors (Lipinski definition) is 2. The number of sulfonamides is 1. The molecule has 2 N–H and O–H groups in total. The van der Waals surface area contributed by atoms with Crippen molar-refractivity contribution < 1.29 is 27.9 Å². The van der Waals surface area contributed by atoms with Gasteiger partial charge >= 0.3 is 0 Å². The molecule has 12 nitrogen and oxygen atoms in total. The molecular weight excluding hydrogens is 900 g/mol. The molecule has 3 heterocycles. The summed E-state index contributed by atoms with van der Waals surface area (Å²) in [6.45, 7) is 8.12. The first-order chi connectivity index (χ1) is 27.3. The van der Waals surface area contributed by atoms with Crippen molar-refractivity contribution in [3.05, 3.63) is 108 Å². The second-order valence-corrected chi connectivity index (χ2v) is 18.0. The van der Waals surface area contributed by atoms with E-state index in [0.29, 0.717) is 45.1 Å². The zero-order valence-electron chi connectivity index (χ0n) is 32.2. The van der Waals surface area contributed by atoms with Gasteiger partial charge in [-0.05, 0) is 106 Å². The first kappa shape index (κ1) is 42.6. The van der Waals surface area contributed by atoms with Crippen molar-refractivity contribution in [2.24, 2.45) is 0 Å². The van der Waals surface area contributed by atoms with Gasteiger partial charge in [0.2, 0.25) is 0 Å². The molecule has 1 atom stereocenters. The number of hydrogen-bond acceptors (Lipinski definition) is 7. The van der Waals surface area contributed by atoms with E-state index in [2.05, 4.69) is 50.7 Å². The van der Waals surface area contributed by atoms with Crippen LogP contribution in [0.5, 0.6) is 0 Å². The number of carbonyl (C=O) groups is 3. The van der Waals surface area contributed by atoms with Gasteiger partial charge in [0.1, 0.15) is 0 Å². The van der Waals surface area contributed by atoms with Crippen LogP contribution in [0, 0.1) is 6.92 Å². The number of fused-ring (bicyclic) bond motifs is 2. The van der Waals surface area contributed by atoms with E-state index in [1.54, 1.807) is 29.8 Å². The van der Waals surface area contributed by atoms with Gasteiger partial charge < -0.3 is 19.9 Å². The quantitative estimate of drug-likeness (QED) is 0.114. The Balaban J connectivity index is 1.46. The van der Waals surface area contributed by atoms with Crippen molar-refractivity contribution in [1.29, 1.82) is 0 Å². The molecule has 0 radical (unpaired) electrons. The van der Waals surface area contributed by atoms with Crippen LogP contribution in [0.15, 0.2) is 74.6 Å². The van der Waals surface area contributed by atoms with Crippen molar-refractivity contribution >= 4 is 82.1 Å². The lowest BCUT2D eigenvalue weighted by Gasteiger charge is -2.36. The van der Waals surface area contributed by atoms with Crippen LogP contribution in [0.2, 0.25) is 5.02 Å². The van der Waals surface area contributed by atoms with Crippen LogP contribution < -0.4 is 0 Å². The zero-order chi connectivity index (χ0) is 41.2. The van der Waals surface area contributed by atoms with Gasteiger partial charge in [-0.2, -0.15) is 5.10 Å². The van der Waals surface area contributed by atoms with Crippen LogP contribution in [-0.4, -0.2) is 92.4 Å². The largest absolute Gasteiger partial charge is 0.394 e. The molecule has 6 rings (SSSR count). The Labute approximate surface area is 354 Å². The minimum atomic E-state index is -4.40. The maximum Gasteiger partial charge on any atom is 0.275 e. The first-order valence-electron chi connectivity index (χ1n) is 19.0. The normalized spacial score (nSPS) is 14.2. The number of rotatable bonds is 14. The Morgan fingerprint density at radius 3 is 2.30 bits per heavy atom. The summed E-state index contributed by atoms with van der Waals surface area (Å²) < 4.78 is 31.7. The van der Waals surface area contributed by atoms with Crippen LogP contribution in [0.3, 0.4) is 0 Å². The summed E-state index contributed by atoms with van der Waals surface area (Å²) >= 11 is 13.8. The minimum absolute atomic E-state index is 0.0163. The standard InChI is InChI=1S/C41H45Br2ClN6O6S/c1-5-8-16-47(17-9-6-2)41(54)38-36(44)25(4)50(46-38)35-15-14-27(19-32(35)40(53)48-23-28-13-11-10-12-26(28)18-29(48)24-51)39(52)49(7-3)57(55,56)30-20-31-34(43)22-45-37(31)33(42)21-30/h10-15,19-22,29,45,51H,5-9,16-18,23-24H2,1-4H3/t29-/m0/s1. The maximum absolute atomic E-state index is 14.9. The van der Waals surface area contributed by atoms with Crippen molar-refractivity contribution in [2.45, 2.75) is 77.3 Å². The van der Waals surface area contributed by atoms with E-state index in [0.717, 1.165) is 41.1 Å². The molecule has 3 amide bonds. The Morgan fingerprint density at radius 1 is 0.965 bits per heavy atom. The highest BCUT2D eigenvalue weighted by molar-refractivity contribution is 9.11. The van der Waals surface area contributed by atoms with E-state index in [1.165, 1.54) is 35.0 Å². The van der Waals surface area contributed by atoms with Crippen LogP contribution in [-0.2, 0) is 23.0 Å². The van der Waals surface area contributed by atoms with E-state index in [-0.39, 0.29) is 58.0 Å². The third-order valence-corrected chi connectivity index (χ3v) is 14.0. The number of aromatic nitrogens is 3. The Bertz CT molecular complexity index is 2440. The molecule has 1 aliphatic rings. The lowest BCUT2D eigenvalue weighted by atomic mass is 9.93. The average Bonchev–Trinajstić information content (AvgIpc) is 3.74. The lowest BCUT2D eigenvalue weighted by molar-refractivity contribution is 0.0544. The van der Waals surface area contributed by atoms with Gasteiger partial charge in [-0.1, -0.05) is 62.6 Å². The van der Waals surface area contributed by atoms with E-state index in [9.17, 15) is 27.9 Å². The second kappa shape index (κ2) is 17.9. The summed E-state index contributed by atoms with van der Waals surface area (Å²) in [5.41, 5.74) is 3.24. The molecule has 0 aliphatic carbocycles. The van der Waals surface area contributed by atoms with Gasteiger partial charge in [-0.25, -0.2) is 17.4 Å². The molecule has 0 fully saturated rings. The summed E-state index contributed by atoms with van der Waals surface area (Å²) in [5.74, 6) is -1.69. The summed E-state index contributed by atoms with van der Waals surface area (Å²) in [4.78, 5) is 49.5. The highest BCUT2D eigenvalue weighted by Gasteiger charge is 2.35. The number of H-pyrrole nitrogens is 1. The average molecular weight is 945 g/mol. The fourth-order valence-corrected chi connectivity index (χ4v) is 9.96. The molecule has 1 aliphatic heterocycles. The number of aliphatic hydroxyl groups is 1.